The highest BCUT2D eigenvalue weighted by molar-refractivity contribution is 7.13. The Kier molecular flexibility index (Phi) is 2.48. The van der Waals surface area contributed by atoms with E-state index in [1.165, 1.54) is 17.4 Å². The van der Waals surface area contributed by atoms with Gasteiger partial charge in [-0.2, -0.15) is 0 Å². The van der Waals surface area contributed by atoms with Crippen molar-refractivity contribution in [1.29, 1.82) is 0 Å². The number of rotatable bonds is 2. The number of ether oxygens (including phenoxy) is 1. The lowest BCUT2D eigenvalue weighted by molar-refractivity contribution is 0.0528. The molecule has 0 spiro atoms. The molecule has 3 nitrogen and oxygen atoms in total. The molecule has 0 atom stereocenters. The highest BCUT2D eigenvalue weighted by Gasteiger charge is 2.10. The zero-order chi connectivity index (χ0) is 8.27. The SMILES string of the molecule is CCOC(=O)c1c[c]sc1N. The predicted molar refractivity (Wildman–Crippen MR) is 43.5 cm³/mol. The number of thiophene rings is 1. The zero-order valence-corrected chi connectivity index (χ0v) is 6.90. The van der Waals surface area contributed by atoms with Gasteiger partial charge in [0.15, 0.2) is 0 Å². The molecule has 1 radical (unpaired) electrons. The monoisotopic (exact) mass is 170 g/mol. The normalized spacial score (nSPS) is 9.55. The Labute approximate surface area is 68.8 Å². The van der Waals surface area contributed by atoms with Gasteiger partial charge in [-0.3, -0.25) is 0 Å². The van der Waals surface area contributed by atoms with E-state index in [9.17, 15) is 4.79 Å². The Morgan fingerprint density at radius 1 is 1.91 bits per heavy atom. The summed E-state index contributed by atoms with van der Waals surface area (Å²) in [5.74, 6) is -0.373. The molecule has 1 aromatic rings. The van der Waals surface area contributed by atoms with E-state index in [1.54, 1.807) is 6.92 Å². The predicted octanol–water partition coefficient (Wildman–Crippen LogP) is 1.31. The van der Waals surface area contributed by atoms with E-state index in [0.29, 0.717) is 17.2 Å². The molecule has 0 saturated carbocycles. The number of esters is 1. The molecule has 0 aliphatic heterocycles. The second-order valence-electron chi connectivity index (χ2n) is 1.86. The Balaban J connectivity index is 2.76. The van der Waals surface area contributed by atoms with E-state index < -0.39 is 0 Å². The highest BCUT2D eigenvalue weighted by atomic mass is 32.1. The molecule has 0 bridgehead atoms. The number of nitrogen functional groups attached to an aromatic ring is 1. The molecule has 59 valence electrons. The second kappa shape index (κ2) is 3.39. The lowest BCUT2D eigenvalue weighted by Gasteiger charge is -1.98. The van der Waals surface area contributed by atoms with Gasteiger partial charge in [0, 0.05) is 5.38 Å². The van der Waals surface area contributed by atoms with Crippen molar-refractivity contribution >= 4 is 22.3 Å². The smallest absolute Gasteiger partial charge is 0.341 e. The number of carbonyl (C=O) groups is 1. The summed E-state index contributed by atoms with van der Waals surface area (Å²) in [4.78, 5) is 11.0. The van der Waals surface area contributed by atoms with E-state index in [-0.39, 0.29) is 5.97 Å². The summed E-state index contributed by atoms with van der Waals surface area (Å²) in [5, 5.41) is 3.21. The van der Waals surface area contributed by atoms with Crippen LogP contribution >= 0.6 is 11.3 Å². The summed E-state index contributed by atoms with van der Waals surface area (Å²) in [6, 6.07) is 1.54. The molecule has 1 rings (SSSR count). The molecule has 4 heteroatoms. The highest BCUT2D eigenvalue weighted by Crippen LogP contribution is 2.18. The molecule has 0 aromatic carbocycles. The maximum Gasteiger partial charge on any atom is 0.341 e. The molecule has 1 heterocycles. The third-order valence-electron chi connectivity index (χ3n) is 1.13. The third-order valence-corrected chi connectivity index (χ3v) is 1.81. The van der Waals surface area contributed by atoms with Crippen LogP contribution in [0.4, 0.5) is 5.00 Å². The molecular formula is C7H8NO2S. The van der Waals surface area contributed by atoms with Crippen LogP contribution in [-0.2, 0) is 4.74 Å². The first-order valence-electron chi connectivity index (χ1n) is 3.18. The summed E-state index contributed by atoms with van der Waals surface area (Å²) < 4.78 is 4.73. The van der Waals surface area contributed by atoms with Crippen molar-refractivity contribution in [1.82, 2.24) is 0 Å². The molecule has 0 fully saturated rings. The fourth-order valence-electron chi connectivity index (χ4n) is 0.646. The number of anilines is 1. The molecule has 0 amide bonds. The van der Waals surface area contributed by atoms with Gasteiger partial charge in [-0.05, 0) is 13.0 Å². The summed E-state index contributed by atoms with van der Waals surface area (Å²) in [7, 11) is 0. The van der Waals surface area contributed by atoms with Crippen molar-refractivity contribution in [3.8, 4) is 0 Å². The fraction of sp³-hybridized carbons (Fsp3) is 0.286. The Morgan fingerprint density at radius 2 is 2.64 bits per heavy atom. The average Bonchev–Trinajstić information content (AvgIpc) is 2.36. The molecule has 1 aromatic heterocycles. The minimum absolute atomic E-state index is 0.369. The lowest BCUT2D eigenvalue weighted by atomic mass is 10.3. The number of hydrogen-bond donors (Lipinski definition) is 1. The van der Waals surface area contributed by atoms with Crippen LogP contribution in [0, 0.1) is 5.38 Å². The molecular weight excluding hydrogens is 162 g/mol. The van der Waals surface area contributed by atoms with Crippen molar-refractivity contribution < 1.29 is 9.53 Å². The van der Waals surface area contributed by atoms with E-state index in [1.807, 2.05) is 0 Å². The zero-order valence-electron chi connectivity index (χ0n) is 6.09. The number of carbonyl (C=O) groups excluding carboxylic acids is 1. The van der Waals surface area contributed by atoms with Gasteiger partial charge in [0.05, 0.1) is 12.2 Å². The van der Waals surface area contributed by atoms with Gasteiger partial charge in [-0.25, -0.2) is 4.79 Å². The third kappa shape index (κ3) is 1.71. The molecule has 0 saturated heterocycles. The Bertz CT molecular complexity index is 257. The lowest BCUT2D eigenvalue weighted by Crippen LogP contribution is -2.05. The largest absolute Gasteiger partial charge is 0.462 e. The molecule has 0 aliphatic rings. The van der Waals surface area contributed by atoms with Crippen LogP contribution < -0.4 is 5.73 Å². The number of hydrogen-bond acceptors (Lipinski definition) is 4. The van der Waals surface area contributed by atoms with Crippen molar-refractivity contribution in [3.63, 3.8) is 0 Å². The van der Waals surface area contributed by atoms with Crippen LogP contribution in [0.15, 0.2) is 6.07 Å². The summed E-state index contributed by atoms with van der Waals surface area (Å²) in [6.07, 6.45) is 0. The van der Waals surface area contributed by atoms with Gasteiger partial charge in [0.1, 0.15) is 5.00 Å². The topological polar surface area (TPSA) is 52.3 Å². The molecule has 0 unspecified atom stereocenters. The van der Waals surface area contributed by atoms with Gasteiger partial charge < -0.3 is 10.5 Å². The van der Waals surface area contributed by atoms with Crippen molar-refractivity contribution in [2.24, 2.45) is 0 Å². The van der Waals surface area contributed by atoms with E-state index >= 15 is 0 Å². The standard InChI is InChI=1S/C7H8NO2S/c1-2-10-7(9)5-3-4-11-6(5)8/h3H,2,8H2,1H3. The van der Waals surface area contributed by atoms with Crippen LogP contribution in [0.1, 0.15) is 17.3 Å². The first-order chi connectivity index (χ1) is 5.25. The van der Waals surface area contributed by atoms with E-state index in [2.05, 4.69) is 5.38 Å². The maximum atomic E-state index is 11.0. The second-order valence-corrected chi connectivity index (χ2v) is 2.74. The first-order valence-corrected chi connectivity index (χ1v) is 3.99. The van der Waals surface area contributed by atoms with E-state index in [0.717, 1.165) is 0 Å². The van der Waals surface area contributed by atoms with Crippen LogP contribution in [0.2, 0.25) is 0 Å². The van der Waals surface area contributed by atoms with Crippen LogP contribution in [-0.4, -0.2) is 12.6 Å². The summed E-state index contributed by atoms with van der Waals surface area (Å²) >= 11 is 1.21. The first kappa shape index (κ1) is 8.07. The quantitative estimate of drug-likeness (QED) is 0.681. The van der Waals surface area contributed by atoms with Crippen LogP contribution in [0.25, 0.3) is 0 Å². The van der Waals surface area contributed by atoms with Gasteiger partial charge in [0.25, 0.3) is 0 Å². The van der Waals surface area contributed by atoms with E-state index in [4.69, 9.17) is 10.5 Å². The average molecular weight is 170 g/mol. The Morgan fingerprint density at radius 3 is 3.09 bits per heavy atom. The van der Waals surface area contributed by atoms with Gasteiger partial charge >= 0.3 is 5.97 Å². The summed E-state index contributed by atoms with van der Waals surface area (Å²) in [6.45, 7) is 2.12. The van der Waals surface area contributed by atoms with Gasteiger partial charge in [0.2, 0.25) is 0 Å². The molecule has 2 N–H and O–H groups in total. The fourth-order valence-corrected chi connectivity index (χ4v) is 1.20. The van der Waals surface area contributed by atoms with Gasteiger partial charge in [-0.15, -0.1) is 11.3 Å². The Hall–Kier alpha value is -1.03. The maximum absolute atomic E-state index is 11.0. The minimum atomic E-state index is -0.373. The number of nitrogens with two attached hydrogens (primary N) is 1. The molecule has 0 aliphatic carbocycles. The van der Waals surface area contributed by atoms with Crippen LogP contribution in [0.3, 0.4) is 0 Å². The van der Waals surface area contributed by atoms with Crippen molar-refractivity contribution in [2.75, 3.05) is 12.3 Å². The van der Waals surface area contributed by atoms with Crippen LogP contribution in [0.5, 0.6) is 0 Å². The van der Waals surface area contributed by atoms with Crippen molar-refractivity contribution in [3.05, 3.63) is 17.0 Å². The minimum Gasteiger partial charge on any atom is -0.462 e. The summed E-state index contributed by atoms with van der Waals surface area (Å²) in [5.41, 5.74) is 5.87. The molecule has 11 heavy (non-hydrogen) atoms. The van der Waals surface area contributed by atoms with Crippen molar-refractivity contribution in [2.45, 2.75) is 6.92 Å². The van der Waals surface area contributed by atoms with Gasteiger partial charge in [-0.1, -0.05) is 0 Å².